The van der Waals surface area contributed by atoms with Gasteiger partial charge in [-0.15, -0.1) is 0 Å². The molecule has 0 bridgehead atoms. The number of carbonyl (C=O) groups excluding carboxylic acids is 1. The van der Waals surface area contributed by atoms with Crippen LogP contribution in [0.15, 0.2) is 60.2 Å². The fraction of sp³-hybridized carbons (Fsp3) is 0.200. The summed E-state index contributed by atoms with van der Waals surface area (Å²) in [5.74, 6) is 0.319. The first-order chi connectivity index (χ1) is 12.6. The summed E-state index contributed by atoms with van der Waals surface area (Å²) in [7, 11) is 1.61. The third kappa shape index (κ3) is 3.70. The lowest BCUT2D eigenvalue weighted by molar-refractivity contribution is -0.138. The summed E-state index contributed by atoms with van der Waals surface area (Å²) in [4.78, 5) is 12.8. The van der Waals surface area contributed by atoms with E-state index in [1.807, 2.05) is 54.6 Å². The van der Waals surface area contributed by atoms with E-state index in [4.69, 9.17) is 21.7 Å². The highest BCUT2D eigenvalue weighted by Crippen LogP contribution is 2.33. The molecule has 26 heavy (non-hydrogen) atoms. The number of esters is 1. The average Bonchev–Trinajstić information content (AvgIpc) is 2.68. The van der Waals surface area contributed by atoms with Crippen LogP contribution in [0.4, 0.5) is 0 Å². The Bertz CT molecular complexity index is 849. The van der Waals surface area contributed by atoms with Crippen LogP contribution in [0, 0.1) is 0 Å². The van der Waals surface area contributed by atoms with Gasteiger partial charge in [0.15, 0.2) is 5.11 Å². The summed E-state index contributed by atoms with van der Waals surface area (Å²) in [6.45, 7) is 2.08. The third-order valence-electron chi connectivity index (χ3n) is 4.06. The zero-order valence-electron chi connectivity index (χ0n) is 14.6. The molecule has 1 unspecified atom stereocenters. The van der Waals surface area contributed by atoms with Gasteiger partial charge in [-0.05, 0) is 42.4 Å². The zero-order chi connectivity index (χ0) is 18.5. The molecule has 0 radical (unpaired) electrons. The smallest absolute Gasteiger partial charge is 0.338 e. The van der Waals surface area contributed by atoms with Crippen molar-refractivity contribution in [2.45, 2.75) is 13.0 Å². The predicted molar refractivity (Wildman–Crippen MR) is 105 cm³/mol. The summed E-state index contributed by atoms with van der Waals surface area (Å²) in [5, 5.41) is 6.75. The van der Waals surface area contributed by atoms with Gasteiger partial charge in [-0.2, -0.15) is 0 Å². The van der Waals surface area contributed by atoms with E-state index in [9.17, 15) is 4.79 Å². The topological polar surface area (TPSA) is 59.6 Å². The molecule has 5 nitrogen and oxygen atoms in total. The molecule has 2 N–H and O–H groups in total. The highest BCUT2D eigenvalue weighted by Gasteiger charge is 2.33. The van der Waals surface area contributed by atoms with Gasteiger partial charge < -0.3 is 20.1 Å². The van der Waals surface area contributed by atoms with E-state index < -0.39 is 6.04 Å². The van der Waals surface area contributed by atoms with E-state index in [2.05, 4.69) is 10.6 Å². The van der Waals surface area contributed by atoms with Crippen molar-refractivity contribution in [2.24, 2.45) is 0 Å². The SMILES string of the molecule is CCOC(=O)C1=C(c2ccccc2)NC(=S)NC1c1cccc(OC)c1. The molecule has 3 rings (SSSR count). The van der Waals surface area contributed by atoms with E-state index in [1.165, 1.54) is 0 Å². The Balaban J connectivity index is 2.17. The predicted octanol–water partition coefficient (Wildman–Crippen LogP) is 3.19. The molecule has 1 heterocycles. The Labute approximate surface area is 158 Å². The molecule has 2 aromatic rings. The zero-order valence-corrected chi connectivity index (χ0v) is 15.4. The van der Waals surface area contributed by atoms with Crippen LogP contribution in [-0.4, -0.2) is 24.8 Å². The van der Waals surface area contributed by atoms with Crippen LogP contribution < -0.4 is 15.4 Å². The maximum Gasteiger partial charge on any atom is 0.338 e. The normalized spacial score (nSPS) is 16.5. The molecule has 0 amide bonds. The fourth-order valence-electron chi connectivity index (χ4n) is 2.90. The van der Waals surface area contributed by atoms with Crippen LogP contribution in [-0.2, 0) is 9.53 Å². The Morgan fingerprint density at radius 3 is 2.62 bits per heavy atom. The molecule has 0 fully saturated rings. The molecule has 0 saturated carbocycles. The summed E-state index contributed by atoms with van der Waals surface area (Å²) < 4.78 is 10.6. The number of ether oxygens (including phenoxy) is 2. The van der Waals surface area contributed by atoms with Crippen molar-refractivity contribution in [3.05, 3.63) is 71.3 Å². The molecule has 1 aliphatic heterocycles. The minimum absolute atomic E-state index is 0.291. The van der Waals surface area contributed by atoms with Crippen molar-refractivity contribution < 1.29 is 14.3 Å². The first kappa shape index (κ1) is 17.9. The summed E-state index contributed by atoms with van der Waals surface area (Å²) in [6, 6.07) is 16.7. The van der Waals surface area contributed by atoms with Gasteiger partial charge >= 0.3 is 5.97 Å². The van der Waals surface area contributed by atoms with Crippen molar-refractivity contribution >= 4 is 29.0 Å². The summed E-state index contributed by atoms with van der Waals surface area (Å²) >= 11 is 5.39. The maximum absolute atomic E-state index is 12.8. The van der Waals surface area contributed by atoms with Gasteiger partial charge in [-0.25, -0.2) is 4.79 Å². The van der Waals surface area contributed by atoms with E-state index >= 15 is 0 Å². The number of carbonyl (C=O) groups is 1. The molecule has 134 valence electrons. The highest BCUT2D eigenvalue weighted by atomic mass is 32.1. The number of benzene rings is 2. The van der Waals surface area contributed by atoms with Gasteiger partial charge in [0.1, 0.15) is 5.75 Å². The molecular weight excluding hydrogens is 348 g/mol. The van der Waals surface area contributed by atoms with Crippen LogP contribution in [0.1, 0.15) is 24.1 Å². The standard InChI is InChI=1S/C20H20N2O3S/c1-3-25-19(23)16-17(13-8-5-4-6-9-13)21-20(26)22-18(16)14-10-7-11-15(12-14)24-2/h4-12,18H,3H2,1-2H3,(H2,21,22,26). The average molecular weight is 368 g/mol. The molecule has 1 aliphatic rings. The maximum atomic E-state index is 12.8. The number of thiocarbonyl (C=S) groups is 1. The van der Waals surface area contributed by atoms with Crippen molar-refractivity contribution in [3.63, 3.8) is 0 Å². The Morgan fingerprint density at radius 1 is 1.15 bits per heavy atom. The van der Waals surface area contributed by atoms with Gasteiger partial charge in [0, 0.05) is 0 Å². The molecule has 1 atom stereocenters. The quantitative estimate of drug-likeness (QED) is 0.624. The van der Waals surface area contributed by atoms with Crippen molar-refractivity contribution in [3.8, 4) is 5.75 Å². The largest absolute Gasteiger partial charge is 0.497 e. The lowest BCUT2D eigenvalue weighted by Gasteiger charge is -2.31. The fourth-order valence-corrected chi connectivity index (χ4v) is 3.12. The van der Waals surface area contributed by atoms with Crippen molar-refractivity contribution in [2.75, 3.05) is 13.7 Å². The van der Waals surface area contributed by atoms with Crippen molar-refractivity contribution in [1.29, 1.82) is 0 Å². The monoisotopic (exact) mass is 368 g/mol. The van der Waals surface area contributed by atoms with E-state index in [0.29, 0.717) is 28.7 Å². The minimum Gasteiger partial charge on any atom is -0.497 e. The van der Waals surface area contributed by atoms with E-state index in [0.717, 1.165) is 11.1 Å². The Hall–Kier alpha value is -2.86. The molecule has 2 aromatic carbocycles. The van der Waals surface area contributed by atoms with Crippen LogP contribution >= 0.6 is 12.2 Å². The van der Waals surface area contributed by atoms with Crippen LogP contribution in [0.2, 0.25) is 0 Å². The van der Waals surface area contributed by atoms with Crippen LogP contribution in [0.25, 0.3) is 5.70 Å². The molecule has 0 aromatic heterocycles. The lowest BCUT2D eigenvalue weighted by atomic mass is 9.92. The van der Waals surface area contributed by atoms with Crippen LogP contribution in [0.3, 0.4) is 0 Å². The second kappa shape index (κ2) is 8.01. The number of methoxy groups -OCH3 is 1. The Kier molecular flexibility index (Phi) is 5.53. The molecule has 0 spiro atoms. The van der Waals surface area contributed by atoms with Gasteiger partial charge in [0.25, 0.3) is 0 Å². The Morgan fingerprint density at radius 2 is 1.92 bits per heavy atom. The number of hydrogen-bond donors (Lipinski definition) is 2. The minimum atomic E-state index is -0.437. The molecule has 0 aliphatic carbocycles. The number of hydrogen-bond acceptors (Lipinski definition) is 4. The lowest BCUT2D eigenvalue weighted by Crippen LogP contribution is -2.45. The second-order valence-electron chi connectivity index (χ2n) is 5.68. The molecule has 0 saturated heterocycles. The number of nitrogens with one attached hydrogen (secondary N) is 2. The van der Waals surface area contributed by atoms with E-state index in [1.54, 1.807) is 14.0 Å². The van der Waals surface area contributed by atoms with Crippen LogP contribution in [0.5, 0.6) is 5.75 Å². The van der Waals surface area contributed by atoms with Gasteiger partial charge in [0.05, 0.1) is 31.0 Å². The second-order valence-corrected chi connectivity index (χ2v) is 6.09. The van der Waals surface area contributed by atoms with Gasteiger partial charge in [-0.3, -0.25) is 0 Å². The number of rotatable bonds is 5. The molecular formula is C20H20N2O3S. The third-order valence-corrected chi connectivity index (χ3v) is 4.28. The first-order valence-corrected chi connectivity index (χ1v) is 8.73. The van der Waals surface area contributed by atoms with Crippen molar-refractivity contribution in [1.82, 2.24) is 10.6 Å². The van der Waals surface area contributed by atoms with E-state index in [-0.39, 0.29) is 5.97 Å². The highest BCUT2D eigenvalue weighted by molar-refractivity contribution is 7.80. The first-order valence-electron chi connectivity index (χ1n) is 8.32. The summed E-state index contributed by atoms with van der Waals surface area (Å²) in [5.41, 5.74) is 2.87. The van der Waals surface area contributed by atoms with Gasteiger partial charge in [-0.1, -0.05) is 42.5 Å². The summed E-state index contributed by atoms with van der Waals surface area (Å²) in [6.07, 6.45) is 0. The van der Waals surface area contributed by atoms with Gasteiger partial charge in [0.2, 0.25) is 0 Å². The molecule has 6 heteroatoms.